The van der Waals surface area contributed by atoms with Crippen molar-refractivity contribution < 1.29 is 5.11 Å². The number of aromatic nitrogens is 4. The molecule has 0 atom stereocenters. The number of nitrogens with zero attached hydrogens (tertiary/aromatic N) is 6. The van der Waals surface area contributed by atoms with Crippen LogP contribution in [0.3, 0.4) is 0 Å². The molecule has 26 heavy (non-hydrogen) atoms. The maximum absolute atomic E-state index is 10.0. The van der Waals surface area contributed by atoms with E-state index in [9.17, 15) is 5.11 Å². The standard InChI is InChI=1S/C19H20N6O/c1-24-8-10-25(11-9-24)14-5-7-21-16(12-14)17-13-18(26)23-19(22-17)15-4-2-3-6-20-15/h2-7,12-13H,8-11H2,1H3,(H,22,23,26). The lowest BCUT2D eigenvalue weighted by molar-refractivity contribution is 0.313. The van der Waals surface area contributed by atoms with Crippen LogP contribution in [0.1, 0.15) is 0 Å². The van der Waals surface area contributed by atoms with Gasteiger partial charge in [-0.1, -0.05) is 6.07 Å². The van der Waals surface area contributed by atoms with Gasteiger partial charge in [0.2, 0.25) is 5.88 Å². The summed E-state index contributed by atoms with van der Waals surface area (Å²) < 4.78 is 0. The average Bonchev–Trinajstić information content (AvgIpc) is 2.69. The van der Waals surface area contributed by atoms with Crippen molar-refractivity contribution in [1.29, 1.82) is 0 Å². The van der Waals surface area contributed by atoms with Crippen LogP contribution in [0, 0.1) is 0 Å². The Balaban J connectivity index is 1.67. The van der Waals surface area contributed by atoms with Crippen LogP contribution in [0.15, 0.2) is 48.8 Å². The fourth-order valence-electron chi connectivity index (χ4n) is 3.00. The van der Waals surface area contributed by atoms with E-state index < -0.39 is 0 Å². The highest BCUT2D eigenvalue weighted by Gasteiger charge is 2.16. The van der Waals surface area contributed by atoms with Crippen LogP contribution in [0.4, 0.5) is 5.69 Å². The van der Waals surface area contributed by atoms with Gasteiger partial charge in [-0.05, 0) is 31.3 Å². The Morgan fingerprint density at radius 2 is 1.65 bits per heavy atom. The van der Waals surface area contributed by atoms with Crippen LogP contribution in [-0.2, 0) is 0 Å². The summed E-state index contributed by atoms with van der Waals surface area (Å²) in [5.74, 6) is 0.287. The molecule has 0 amide bonds. The second kappa shape index (κ2) is 7.05. The molecule has 0 saturated carbocycles. The second-order valence-electron chi connectivity index (χ2n) is 6.34. The zero-order valence-corrected chi connectivity index (χ0v) is 14.6. The smallest absolute Gasteiger partial charge is 0.215 e. The first-order chi connectivity index (χ1) is 12.7. The third-order valence-electron chi connectivity index (χ3n) is 4.48. The first-order valence-corrected chi connectivity index (χ1v) is 8.58. The van der Waals surface area contributed by atoms with Crippen molar-refractivity contribution in [2.75, 3.05) is 38.1 Å². The maximum atomic E-state index is 10.0. The molecule has 1 N–H and O–H groups in total. The molecule has 1 saturated heterocycles. The molecule has 7 nitrogen and oxygen atoms in total. The van der Waals surface area contributed by atoms with Crippen LogP contribution in [0.5, 0.6) is 5.88 Å². The number of aromatic hydroxyl groups is 1. The molecule has 4 heterocycles. The minimum absolute atomic E-state index is 0.0950. The van der Waals surface area contributed by atoms with Gasteiger partial charge in [0.15, 0.2) is 5.82 Å². The van der Waals surface area contributed by atoms with Crippen LogP contribution >= 0.6 is 0 Å². The lowest BCUT2D eigenvalue weighted by Gasteiger charge is -2.34. The Labute approximate surface area is 152 Å². The molecule has 3 aromatic rings. The third kappa shape index (κ3) is 3.48. The summed E-state index contributed by atoms with van der Waals surface area (Å²) in [4.78, 5) is 22.0. The molecule has 0 radical (unpaired) electrons. The number of anilines is 1. The lowest BCUT2D eigenvalue weighted by Crippen LogP contribution is -2.44. The van der Waals surface area contributed by atoms with Crippen molar-refractivity contribution in [3.63, 3.8) is 0 Å². The van der Waals surface area contributed by atoms with E-state index in [1.165, 1.54) is 6.07 Å². The summed E-state index contributed by atoms with van der Waals surface area (Å²) in [7, 11) is 2.14. The highest BCUT2D eigenvalue weighted by molar-refractivity contribution is 5.64. The monoisotopic (exact) mass is 348 g/mol. The minimum Gasteiger partial charge on any atom is -0.493 e. The van der Waals surface area contributed by atoms with E-state index in [0.717, 1.165) is 31.9 Å². The fourth-order valence-corrected chi connectivity index (χ4v) is 3.00. The number of piperazine rings is 1. The number of pyridine rings is 2. The average molecular weight is 348 g/mol. The predicted molar refractivity (Wildman–Crippen MR) is 99.9 cm³/mol. The van der Waals surface area contributed by atoms with Gasteiger partial charge < -0.3 is 14.9 Å². The van der Waals surface area contributed by atoms with E-state index in [1.54, 1.807) is 12.4 Å². The van der Waals surface area contributed by atoms with Crippen molar-refractivity contribution >= 4 is 5.69 Å². The number of hydrogen-bond acceptors (Lipinski definition) is 7. The third-order valence-corrected chi connectivity index (χ3v) is 4.48. The first-order valence-electron chi connectivity index (χ1n) is 8.58. The normalized spacial score (nSPS) is 15.2. The molecule has 1 aliphatic rings. The summed E-state index contributed by atoms with van der Waals surface area (Å²) in [6.07, 6.45) is 3.46. The molecule has 7 heteroatoms. The highest BCUT2D eigenvalue weighted by Crippen LogP contribution is 2.26. The molecular formula is C19H20N6O. The predicted octanol–water partition coefficient (Wildman–Crippen LogP) is 2.06. The van der Waals surface area contributed by atoms with Gasteiger partial charge in [0.25, 0.3) is 0 Å². The van der Waals surface area contributed by atoms with E-state index >= 15 is 0 Å². The number of hydrogen-bond donors (Lipinski definition) is 1. The van der Waals surface area contributed by atoms with E-state index in [-0.39, 0.29) is 5.88 Å². The van der Waals surface area contributed by atoms with Gasteiger partial charge >= 0.3 is 0 Å². The first kappa shape index (κ1) is 16.4. The Hall–Kier alpha value is -3.06. The number of rotatable bonds is 3. The molecule has 0 bridgehead atoms. The Kier molecular flexibility index (Phi) is 4.45. The summed E-state index contributed by atoms with van der Waals surface area (Å²) in [5, 5.41) is 10.0. The largest absolute Gasteiger partial charge is 0.493 e. The fraction of sp³-hybridized carbons (Fsp3) is 0.263. The molecule has 3 aromatic heterocycles. The molecule has 132 valence electrons. The van der Waals surface area contributed by atoms with Crippen LogP contribution < -0.4 is 4.90 Å². The molecular weight excluding hydrogens is 328 g/mol. The minimum atomic E-state index is -0.0950. The quantitative estimate of drug-likeness (QED) is 0.776. The molecule has 0 spiro atoms. The summed E-state index contributed by atoms with van der Waals surface area (Å²) in [6.45, 7) is 4.04. The molecule has 0 aromatic carbocycles. The molecule has 4 rings (SSSR count). The SMILES string of the molecule is CN1CCN(c2ccnc(-c3cc(O)nc(-c4ccccn4)n3)c2)CC1. The molecule has 0 unspecified atom stereocenters. The van der Waals surface area contributed by atoms with Gasteiger partial charge in [0.1, 0.15) is 5.69 Å². The molecule has 0 aliphatic carbocycles. The van der Waals surface area contributed by atoms with E-state index in [1.807, 2.05) is 30.3 Å². The van der Waals surface area contributed by atoms with Gasteiger partial charge in [0.05, 0.1) is 11.4 Å². The zero-order chi connectivity index (χ0) is 17.9. The van der Waals surface area contributed by atoms with Gasteiger partial charge in [-0.3, -0.25) is 9.97 Å². The lowest BCUT2D eigenvalue weighted by atomic mass is 10.2. The highest BCUT2D eigenvalue weighted by atomic mass is 16.3. The maximum Gasteiger partial charge on any atom is 0.215 e. The van der Waals surface area contributed by atoms with Gasteiger partial charge in [-0.2, -0.15) is 4.98 Å². The van der Waals surface area contributed by atoms with Crippen LogP contribution in [-0.4, -0.2) is 63.2 Å². The van der Waals surface area contributed by atoms with E-state index in [0.29, 0.717) is 22.9 Å². The van der Waals surface area contributed by atoms with Crippen molar-refractivity contribution in [2.45, 2.75) is 0 Å². The summed E-state index contributed by atoms with van der Waals surface area (Å²) in [6, 6.07) is 11.1. The Morgan fingerprint density at radius 3 is 2.42 bits per heavy atom. The van der Waals surface area contributed by atoms with Gasteiger partial charge in [0, 0.05) is 50.3 Å². The molecule has 1 aliphatic heterocycles. The van der Waals surface area contributed by atoms with Crippen molar-refractivity contribution in [2.24, 2.45) is 0 Å². The van der Waals surface area contributed by atoms with Crippen molar-refractivity contribution in [3.05, 3.63) is 48.8 Å². The Bertz CT molecular complexity index is 894. The summed E-state index contributed by atoms with van der Waals surface area (Å²) in [5.41, 5.74) is 3.01. The second-order valence-corrected chi connectivity index (χ2v) is 6.34. The van der Waals surface area contributed by atoms with Crippen molar-refractivity contribution in [1.82, 2.24) is 24.8 Å². The summed E-state index contributed by atoms with van der Waals surface area (Å²) >= 11 is 0. The van der Waals surface area contributed by atoms with Gasteiger partial charge in [-0.15, -0.1) is 0 Å². The van der Waals surface area contributed by atoms with E-state index in [2.05, 4.69) is 36.8 Å². The topological polar surface area (TPSA) is 78.3 Å². The van der Waals surface area contributed by atoms with Crippen molar-refractivity contribution in [3.8, 4) is 28.8 Å². The zero-order valence-electron chi connectivity index (χ0n) is 14.6. The number of likely N-dealkylation sites (N-methyl/N-ethyl adjacent to an activating group) is 1. The van der Waals surface area contributed by atoms with Crippen LogP contribution in [0.2, 0.25) is 0 Å². The van der Waals surface area contributed by atoms with Crippen LogP contribution in [0.25, 0.3) is 22.9 Å². The van der Waals surface area contributed by atoms with E-state index in [4.69, 9.17) is 0 Å². The van der Waals surface area contributed by atoms with Gasteiger partial charge in [-0.25, -0.2) is 4.98 Å². The molecule has 1 fully saturated rings. The Morgan fingerprint density at radius 1 is 0.846 bits per heavy atom.